The molecule has 0 aromatic carbocycles. The maximum Gasteiger partial charge on any atom is 0.111 e. The molecular weight excluding hydrogens is 293 g/mol. The quantitative estimate of drug-likeness (QED) is 0.236. The maximum atomic E-state index is 9.20. The van der Waals surface area contributed by atoms with Gasteiger partial charge in [0.25, 0.3) is 0 Å². The molecule has 6 N–H and O–H groups in total. The molecule has 0 bridgehead atoms. The van der Waals surface area contributed by atoms with Gasteiger partial charge < -0.3 is 25.5 Å². The number of halogens is 1. The molecule has 0 aromatic heterocycles. The molecule has 0 fully saturated rings. The van der Waals surface area contributed by atoms with Crippen LogP contribution in [0.15, 0.2) is 0 Å². The Bertz CT molecular complexity index is 138. The van der Waals surface area contributed by atoms with Crippen molar-refractivity contribution >= 4 is 22.9 Å². The minimum Gasteiger partial charge on any atom is -0.394 e. The standard InChI is InChI=1S/C6H14INO5/c7-8-1-3(10)5(12)6(13)4(11)2-9/h3-6,8-13H,1-2H2/t3-,4+,5+,6?/m0/s1. The third-order valence-corrected chi connectivity index (χ3v) is 2.05. The number of rotatable bonds is 6. The van der Waals surface area contributed by atoms with Gasteiger partial charge in [0, 0.05) is 29.4 Å². The molecule has 6 nitrogen and oxygen atoms in total. The van der Waals surface area contributed by atoms with E-state index in [1.807, 2.05) is 0 Å². The van der Waals surface area contributed by atoms with Crippen LogP contribution in [0.25, 0.3) is 0 Å². The van der Waals surface area contributed by atoms with Crippen molar-refractivity contribution in [1.29, 1.82) is 0 Å². The van der Waals surface area contributed by atoms with Crippen molar-refractivity contribution in [3.8, 4) is 0 Å². The van der Waals surface area contributed by atoms with Crippen LogP contribution in [0.3, 0.4) is 0 Å². The first-order valence-corrected chi connectivity index (χ1v) is 4.79. The summed E-state index contributed by atoms with van der Waals surface area (Å²) < 4.78 is 2.56. The molecule has 0 rings (SSSR count). The molecule has 80 valence electrons. The fourth-order valence-electron chi connectivity index (χ4n) is 0.763. The first-order valence-electron chi connectivity index (χ1n) is 3.71. The van der Waals surface area contributed by atoms with Crippen molar-refractivity contribution < 1.29 is 25.5 Å². The van der Waals surface area contributed by atoms with Crippen LogP contribution in [0.1, 0.15) is 0 Å². The summed E-state index contributed by atoms with van der Waals surface area (Å²) in [5, 5.41) is 44.9. The smallest absolute Gasteiger partial charge is 0.111 e. The Kier molecular flexibility index (Phi) is 7.13. The zero-order chi connectivity index (χ0) is 10.4. The monoisotopic (exact) mass is 307 g/mol. The molecule has 0 aliphatic rings. The highest BCUT2D eigenvalue weighted by Crippen LogP contribution is 2.04. The molecule has 0 aliphatic carbocycles. The molecule has 7 heteroatoms. The molecule has 0 aliphatic heterocycles. The summed E-state index contributed by atoms with van der Waals surface area (Å²) in [7, 11) is 0. The van der Waals surface area contributed by atoms with Crippen LogP contribution in [-0.2, 0) is 0 Å². The van der Waals surface area contributed by atoms with Crippen LogP contribution in [0.5, 0.6) is 0 Å². The van der Waals surface area contributed by atoms with Crippen molar-refractivity contribution in [2.45, 2.75) is 24.4 Å². The van der Waals surface area contributed by atoms with E-state index in [4.69, 9.17) is 20.4 Å². The van der Waals surface area contributed by atoms with Gasteiger partial charge in [-0.15, -0.1) is 0 Å². The van der Waals surface area contributed by atoms with Gasteiger partial charge in [-0.25, -0.2) is 0 Å². The van der Waals surface area contributed by atoms with Crippen molar-refractivity contribution in [2.24, 2.45) is 0 Å². The van der Waals surface area contributed by atoms with Crippen LogP contribution in [0.4, 0.5) is 0 Å². The second-order valence-corrected chi connectivity index (χ2v) is 3.40. The molecule has 4 atom stereocenters. The number of aliphatic hydroxyl groups is 5. The predicted octanol–water partition coefficient (Wildman–Crippen LogP) is -2.64. The number of hydrogen-bond donors (Lipinski definition) is 6. The Balaban J connectivity index is 3.99. The summed E-state index contributed by atoms with van der Waals surface area (Å²) in [6.45, 7) is -0.584. The minimum absolute atomic E-state index is 0.0803. The molecule has 0 saturated carbocycles. The molecule has 0 amide bonds. The summed E-state index contributed by atoms with van der Waals surface area (Å²) in [5.41, 5.74) is 0. The summed E-state index contributed by atoms with van der Waals surface area (Å²) in [5.74, 6) is 0. The molecular formula is C6H14INO5. The molecule has 0 spiro atoms. The van der Waals surface area contributed by atoms with Crippen molar-refractivity contribution in [1.82, 2.24) is 3.53 Å². The van der Waals surface area contributed by atoms with Gasteiger partial charge in [-0.2, -0.15) is 0 Å². The maximum absolute atomic E-state index is 9.20. The van der Waals surface area contributed by atoms with Crippen molar-refractivity contribution in [2.75, 3.05) is 13.2 Å². The normalized spacial score (nSPS) is 20.8. The summed E-state index contributed by atoms with van der Waals surface area (Å²) in [6, 6.07) is 0. The summed E-state index contributed by atoms with van der Waals surface area (Å²) in [4.78, 5) is 0. The third-order valence-electron chi connectivity index (χ3n) is 1.61. The summed E-state index contributed by atoms with van der Waals surface area (Å²) in [6.07, 6.45) is -5.67. The Morgan fingerprint density at radius 3 is 1.85 bits per heavy atom. The highest BCUT2D eigenvalue weighted by atomic mass is 127. The topological polar surface area (TPSA) is 113 Å². The largest absolute Gasteiger partial charge is 0.394 e. The molecule has 0 radical (unpaired) electrons. The van der Waals surface area contributed by atoms with E-state index in [2.05, 4.69) is 3.53 Å². The average molecular weight is 307 g/mol. The number of aliphatic hydroxyl groups excluding tert-OH is 5. The SMILES string of the molecule is OC[C@@H](O)C(O)[C@H](O)[C@@H](O)CNI. The van der Waals surface area contributed by atoms with E-state index in [-0.39, 0.29) is 6.54 Å². The van der Waals surface area contributed by atoms with E-state index in [9.17, 15) is 5.11 Å². The molecule has 1 unspecified atom stereocenters. The van der Waals surface area contributed by atoms with E-state index < -0.39 is 31.0 Å². The van der Waals surface area contributed by atoms with Gasteiger partial charge in [-0.1, -0.05) is 0 Å². The Labute approximate surface area is 89.7 Å². The fourth-order valence-corrected chi connectivity index (χ4v) is 1.21. The van der Waals surface area contributed by atoms with Crippen molar-refractivity contribution in [3.63, 3.8) is 0 Å². The number of nitrogens with one attached hydrogen (secondary N) is 1. The zero-order valence-electron chi connectivity index (χ0n) is 6.84. The second kappa shape index (κ2) is 6.87. The first-order chi connectivity index (χ1) is 6.04. The highest BCUT2D eigenvalue weighted by molar-refractivity contribution is 14.1. The Morgan fingerprint density at radius 2 is 1.46 bits per heavy atom. The zero-order valence-corrected chi connectivity index (χ0v) is 9.00. The molecule has 0 heterocycles. The van der Waals surface area contributed by atoms with Gasteiger partial charge in [0.15, 0.2) is 0 Å². The molecule has 13 heavy (non-hydrogen) atoms. The highest BCUT2D eigenvalue weighted by Gasteiger charge is 2.29. The van der Waals surface area contributed by atoms with Gasteiger partial charge in [0.05, 0.1) is 12.7 Å². The molecule has 0 saturated heterocycles. The number of hydrogen-bond acceptors (Lipinski definition) is 6. The lowest BCUT2D eigenvalue weighted by atomic mass is 10.0. The van der Waals surface area contributed by atoms with Crippen LogP contribution in [0, 0.1) is 0 Å². The van der Waals surface area contributed by atoms with Gasteiger partial charge in [0.2, 0.25) is 0 Å². The Morgan fingerprint density at radius 1 is 1.00 bits per heavy atom. The first kappa shape index (κ1) is 13.5. The van der Waals surface area contributed by atoms with Crippen LogP contribution in [0.2, 0.25) is 0 Å². The van der Waals surface area contributed by atoms with E-state index in [0.717, 1.165) is 0 Å². The predicted molar refractivity (Wildman–Crippen MR) is 53.1 cm³/mol. The Hall–Kier alpha value is 0.490. The van der Waals surface area contributed by atoms with E-state index in [1.165, 1.54) is 0 Å². The van der Waals surface area contributed by atoms with Crippen LogP contribution >= 0.6 is 22.9 Å². The lowest BCUT2D eigenvalue weighted by Crippen LogP contribution is -2.48. The van der Waals surface area contributed by atoms with Gasteiger partial charge in [-0.05, 0) is 0 Å². The lowest BCUT2D eigenvalue weighted by Gasteiger charge is -2.25. The lowest BCUT2D eigenvalue weighted by molar-refractivity contribution is -0.112. The van der Waals surface area contributed by atoms with Crippen LogP contribution in [-0.4, -0.2) is 63.1 Å². The van der Waals surface area contributed by atoms with Crippen molar-refractivity contribution in [3.05, 3.63) is 0 Å². The summed E-state index contributed by atoms with van der Waals surface area (Å²) >= 11 is 1.77. The van der Waals surface area contributed by atoms with E-state index in [0.29, 0.717) is 0 Å². The second-order valence-electron chi connectivity index (χ2n) is 2.64. The minimum atomic E-state index is -1.55. The van der Waals surface area contributed by atoms with Gasteiger partial charge in [-0.3, -0.25) is 3.53 Å². The fraction of sp³-hybridized carbons (Fsp3) is 1.00. The van der Waals surface area contributed by atoms with Gasteiger partial charge >= 0.3 is 0 Å². The molecule has 0 aromatic rings. The third kappa shape index (κ3) is 4.49. The van der Waals surface area contributed by atoms with Crippen LogP contribution < -0.4 is 3.53 Å². The van der Waals surface area contributed by atoms with E-state index >= 15 is 0 Å². The van der Waals surface area contributed by atoms with Gasteiger partial charge in [0.1, 0.15) is 18.3 Å². The average Bonchev–Trinajstić information content (AvgIpc) is 2.14. The van der Waals surface area contributed by atoms with E-state index in [1.54, 1.807) is 22.9 Å².